The van der Waals surface area contributed by atoms with Gasteiger partial charge in [0.05, 0.1) is 0 Å². The summed E-state index contributed by atoms with van der Waals surface area (Å²) in [5.41, 5.74) is 0. The fraction of sp³-hybridized carbons (Fsp3) is 1.00. The molecule has 0 aromatic carbocycles. The second kappa shape index (κ2) is 5.00. The van der Waals surface area contributed by atoms with Crippen molar-refractivity contribution in [3.05, 3.63) is 0 Å². The Kier molecular flexibility index (Phi) is 3.43. The Balaban J connectivity index is 1.63. The highest BCUT2D eigenvalue weighted by molar-refractivity contribution is 4.79. The van der Waals surface area contributed by atoms with Gasteiger partial charge in [-0.05, 0) is 0 Å². The van der Waals surface area contributed by atoms with E-state index in [1.54, 1.807) is 0 Å². The fourth-order valence-corrected chi connectivity index (χ4v) is 3.04. The van der Waals surface area contributed by atoms with Crippen LogP contribution in [0.2, 0.25) is 0 Å². The normalized spacial score (nSPS) is 45.0. The van der Waals surface area contributed by atoms with Gasteiger partial charge in [-0.3, -0.25) is 19.6 Å². The van der Waals surface area contributed by atoms with Crippen LogP contribution in [0.15, 0.2) is 0 Å². The molecule has 0 saturated carbocycles. The van der Waals surface area contributed by atoms with Crippen LogP contribution in [0.1, 0.15) is 0 Å². The monoisotopic (exact) mass is 224 g/mol. The Bertz CT molecular complexity index is 169. The summed E-state index contributed by atoms with van der Waals surface area (Å²) in [6.45, 7) is 15.4. The smallest absolute Gasteiger partial charge is 0.0110 e. The highest BCUT2D eigenvalue weighted by Crippen LogP contribution is 2.07. The zero-order valence-electron chi connectivity index (χ0n) is 10.3. The van der Waals surface area contributed by atoms with Gasteiger partial charge in [0.2, 0.25) is 0 Å². The van der Waals surface area contributed by atoms with Crippen molar-refractivity contribution in [2.45, 2.75) is 0 Å². The molecule has 0 amide bonds. The van der Waals surface area contributed by atoms with Gasteiger partial charge in [-0.15, -0.1) is 0 Å². The molecule has 0 aromatic rings. The van der Waals surface area contributed by atoms with Crippen molar-refractivity contribution in [3.63, 3.8) is 0 Å². The molecule has 6 heterocycles. The summed E-state index contributed by atoms with van der Waals surface area (Å²) in [7, 11) is 0. The Hall–Kier alpha value is -0.160. The first-order valence-electron chi connectivity index (χ1n) is 6.79. The van der Waals surface area contributed by atoms with Gasteiger partial charge in [-0.2, -0.15) is 0 Å². The van der Waals surface area contributed by atoms with Crippen molar-refractivity contribution >= 4 is 0 Å². The Labute approximate surface area is 98.8 Å². The van der Waals surface area contributed by atoms with E-state index in [1.807, 2.05) is 0 Å². The number of piperazine rings is 2. The van der Waals surface area contributed by atoms with Crippen LogP contribution in [0.5, 0.6) is 0 Å². The van der Waals surface area contributed by atoms with E-state index in [-0.39, 0.29) is 0 Å². The quantitative estimate of drug-likeness (QED) is 0.536. The van der Waals surface area contributed by atoms with Crippen LogP contribution in [0.3, 0.4) is 0 Å². The third kappa shape index (κ3) is 2.56. The Morgan fingerprint density at radius 2 is 0.375 bits per heavy atom. The van der Waals surface area contributed by atoms with Gasteiger partial charge in [-0.1, -0.05) is 0 Å². The van der Waals surface area contributed by atoms with E-state index in [4.69, 9.17) is 0 Å². The standard InChI is InChI=1S/C12H24N4/c1-2-14-4-3-13(1)9-10-15-5-7-16(8-6-15)12-11-14/h1-12H2. The lowest BCUT2D eigenvalue weighted by Gasteiger charge is -2.41. The van der Waals surface area contributed by atoms with Gasteiger partial charge in [0.1, 0.15) is 0 Å². The van der Waals surface area contributed by atoms with Crippen molar-refractivity contribution in [1.82, 2.24) is 19.6 Å². The van der Waals surface area contributed by atoms with Crippen molar-refractivity contribution in [2.24, 2.45) is 0 Å². The van der Waals surface area contributed by atoms with Crippen molar-refractivity contribution in [2.75, 3.05) is 78.5 Å². The summed E-state index contributed by atoms with van der Waals surface area (Å²) < 4.78 is 0. The van der Waals surface area contributed by atoms with Crippen LogP contribution in [0.4, 0.5) is 0 Å². The van der Waals surface area contributed by atoms with E-state index in [2.05, 4.69) is 19.6 Å². The molecule has 92 valence electrons. The molecule has 0 spiro atoms. The first-order chi connectivity index (χ1) is 7.90. The molecule has 4 bridgehead atoms. The molecule has 6 aliphatic heterocycles. The summed E-state index contributed by atoms with van der Waals surface area (Å²) in [5.74, 6) is 0. The van der Waals surface area contributed by atoms with E-state index in [0.717, 1.165) is 0 Å². The molecule has 6 aliphatic rings. The van der Waals surface area contributed by atoms with E-state index in [0.29, 0.717) is 0 Å². The van der Waals surface area contributed by atoms with Crippen molar-refractivity contribution < 1.29 is 0 Å². The van der Waals surface area contributed by atoms with Gasteiger partial charge >= 0.3 is 0 Å². The molecule has 0 N–H and O–H groups in total. The number of rotatable bonds is 0. The third-order valence-corrected chi connectivity index (χ3v) is 4.39. The number of hydrogen-bond donors (Lipinski definition) is 0. The predicted octanol–water partition coefficient (Wildman–Crippen LogP) is -0.765. The molecule has 6 fully saturated rings. The summed E-state index contributed by atoms with van der Waals surface area (Å²) in [6, 6.07) is 0. The van der Waals surface area contributed by atoms with E-state index < -0.39 is 0 Å². The lowest BCUT2D eigenvalue weighted by molar-refractivity contribution is 0.0647. The number of nitrogens with zero attached hydrogens (tertiary/aromatic N) is 4. The van der Waals surface area contributed by atoms with Gasteiger partial charge in [0.25, 0.3) is 0 Å². The molecule has 0 unspecified atom stereocenters. The highest BCUT2D eigenvalue weighted by atomic mass is 15.3. The van der Waals surface area contributed by atoms with Crippen LogP contribution in [-0.2, 0) is 0 Å². The second-order valence-corrected chi connectivity index (χ2v) is 5.37. The maximum atomic E-state index is 2.64. The molecular formula is C12H24N4. The topological polar surface area (TPSA) is 13.0 Å². The molecule has 4 nitrogen and oxygen atoms in total. The van der Waals surface area contributed by atoms with Gasteiger partial charge in [0.15, 0.2) is 0 Å². The molecule has 0 radical (unpaired) electrons. The minimum Gasteiger partial charge on any atom is -0.300 e. The summed E-state index contributed by atoms with van der Waals surface area (Å²) >= 11 is 0. The molecule has 16 heavy (non-hydrogen) atoms. The lowest BCUT2D eigenvalue weighted by Crippen LogP contribution is -2.55. The van der Waals surface area contributed by atoms with Crippen molar-refractivity contribution in [1.29, 1.82) is 0 Å². The maximum Gasteiger partial charge on any atom is 0.0110 e. The molecule has 0 aromatic heterocycles. The van der Waals surface area contributed by atoms with E-state index >= 15 is 0 Å². The van der Waals surface area contributed by atoms with Crippen LogP contribution in [0, 0.1) is 0 Å². The molecule has 6 saturated heterocycles. The SMILES string of the molecule is C1CN2CCN1CCN1CCN(CC1)CC2. The summed E-state index contributed by atoms with van der Waals surface area (Å²) in [5, 5.41) is 0. The minimum absolute atomic E-state index is 1.29. The van der Waals surface area contributed by atoms with Crippen molar-refractivity contribution in [3.8, 4) is 0 Å². The minimum atomic E-state index is 1.29. The third-order valence-electron chi connectivity index (χ3n) is 4.39. The molecule has 4 heteroatoms. The molecular weight excluding hydrogens is 200 g/mol. The largest absolute Gasteiger partial charge is 0.300 e. The first kappa shape index (κ1) is 11.0. The maximum absolute atomic E-state index is 2.64. The van der Waals surface area contributed by atoms with Crippen LogP contribution < -0.4 is 0 Å². The van der Waals surface area contributed by atoms with Gasteiger partial charge in [0, 0.05) is 78.5 Å². The molecule has 0 atom stereocenters. The Morgan fingerprint density at radius 1 is 0.250 bits per heavy atom. The zero-order valence-corrected chi connectivity index (χ0v) is 10.3. The highest BCUT2D eigenvalue weighted by Gasteiger charge is 2.22. The lowest BCUT2D eigenvalue weighted by atomic mass is 10.2. The fourth-order valence-electron chi connectivity index (χ4n) is 3.04. The van der Waals surface area contributed by atoms with Crippen LogP contribution >= 0.6 is 0 Å². The molecule has 6 rings (SSSR count). The summed E-state index contributed by atoms with van der Waals surface area (Å²) in [4.78, 5) is 10.6. The van der Waals surface area contributed by atoms with Crippen LogP contribution in [0.25, 0.3) is 0 Å². The Morgan fingerprint density at radius 3 is 0.500 bits per heavy atom. The van der Waals surface area contributed by atoms with Gasteiger partial charge in [-0.25, -0.2) is 0 Å². The number of hydrogen-bond acceptors (Lipinski definition) is 4. The predicted molar refractivity (Wildman–Crippen MR) is 65.8 cm³/mol. The van der Waals surface area contributed by atoms with Crippen LogP contribution in [-0.4, -0.2) is 98.1 Å². The average Bonchev–Trinajstić information content (AvgIpc) is 2.33. The first-order valence-corrected chi connectivity index (χ1v) is 6.79. The van der Waals surface area contributed by atoms with Gasteiger partial charge < -0.3 is 0 Å². The van der Waals surface area contributed by atoms with E-state index in [9.17, 15) is 0 Å². The summed E-state index contributed by atoms with van der Waals surface area (Å²) in [6.07, 6.45) is 0. The van der Waals surface area contributed by atoms with E-state index in [1.165, 1.54) is 78.5 Å². The second-order valence-electron chi connectivity index (χ2n) is 5.37. The average molecular weight is 224 g/mol. The molecule has 0 aliphatic carbocycles. The zero-order chi connectivity index (χ0) is 10.8.